The number of amides is 1. The van der Waals surface area contributed by atoms with Gasteiger partial charge in [0.2, 0.25) is 0 Å². The lowest BCUT2D eigenvalue weighted by molar-refractivity contribution is 0.0202. The molecule has 30 heavy (non-hydrogen) atoms. The van der Waals surface area contributed by atoms with Crippen molar-refractivity contribution in [2.45, 2.75) is 46.3 Å². The highest BCUT2D eigenvalue weighted by Crippen LogP contribution is 2.29. The standard InChI is InChI=1S/C27H31NO2/c1-20-11-8-12-22(19-20)13-10-18-28(26(29)30-27(3,4)5)21(2)24-17-9-15-23-14-6-7-16-25(23)24/h6-17,19,21H,18H2,1-5H3/b13-10+/t21-/m1/s1. The van der Waals surface area contributed by atoms with Gasteiger partial charge in [0.05, 0.1) is 6.04 Å². The molecular formula is C27H31NO2. The van der Waals surface area contributed by atoms with Gasteiger partial charge < -0.3 is 4.74 Å². The number of hydrogen-bond acceptors (Lipinski definition) is 2. The largest absolute Gasteiger partial charge is 0.444 e. The first-order valence-corrected chi connectivity index (χ1v) is 10.4. The van der Waals surface area contributed by atoms with E-state index in [4.69, 9.17) is 4.74 Å². The van der Waals surface area contributed by atoms with Gasteiger partial charge in [0.15, 0.2) is 0 Å². The normalized spacial score (nSPS) is 12.8. The molecular weight excluding hydrogens is 370 g/mol. The number of carbonyl (C=O) groups excluding carboxylic acids is 1. The summed E-state index contributed by atoms with van der Waals surface area (Å²) < 4.78 is 5.73. The second-order valence-electron chi connectivity index (χ2n) is 8.69. The maximum atomic E-state index is 13.1. The van der Waals surface area contributed by atoms with E-state index in [9.17, 15) is 4.79 Å². The first kappa shape index (κ1) is 21.6. The van der Waals surface area contributed by atoms with Gasteiger partial charge in [-0.05, 0) is 56.5 Å². The van der Waals surface area contributed by atoms with Gasteiger partial charge in [-0.15, -0.1) is 0 Å². The topological polar surface area (TPSA) is 29.5 Å². The van der Waals surface area contributed by atoms with Gasteiger partial charge in [0.25, 0.3) is 0 Å². The van der Waals surface area contributed by atoms with Crippen LogP contribution >= 0.6 is 0 Å². The van der Waals surface area contributed by atoms with Crippen molar-refractivity contribution in [3.8, 4) is 0 Å². The highest BCUT2D eigenvalue weighted by atomic mass is 16.6. The molecule has 0 aromatic heterocycles. The van der Waals surface area contributed by atoms with Gasteiger partial charge in [-0.3, -0.25) is 4.90 Å². The van der Waals surface area contributed by atoms with Crippen LogP contribution in [0.25, 0.3) is 16.8 Å². The van der Waals surface area contributed by atoms with Crippen LogP contribution in [-0.2, 0) is 4.74 Å². The van der Waals surface area contributed by atoms with Crippen LogP contribution in [0.4, 0.5) is 4.79 Å². The summed E-state index contributed by atoms with van der Waals surface area (Å²) in [5.74, 6) is 0. The quantitative estimate of drug-likeness (QED) is 0.454. The lowest BCUT2D eigenvalue weighted by Crippen LogP contribution is -2.38. The molecule has 3 aromatic rings. The van der Waals surface area contributed by atoms with Crippen molar-refractivity contribution in [1.29, 1.82) is 0 Å². The number of nitrogens with zero attached hydrogens (tertiary/aromatic N) is 1. The molecule has 0 aliphatic rings. The molecule has 0 unspecified atom stereocenters. The second kappa shape index (κ2) is 9.17. The average molecular weight is 402 g/mol. The highest BCUT2D eigenvalue weighted by Gasteiger charge is 2.26. The molecule has 0 heterocycles. The lowest BCUT2D eigenvalue weighted by Gasteiger charge is -2.32. The number of benzene rings is 3. The molecule has 0 spiro atoms. The van der Waals surface area contributed by atoms with Crippen molar-refractivity contribution in [3.05, 3.63) is 89.5 Å². The van der Waals surface area contributed by atoms with Gasteiger partial charge in [-0.25, -0.2) is 4.79 Å². The van der Waals surface area contributed by atoms with E-state index >= 15 is 0 Å². The third-order valence-electron chi connectivity index (χ3n) is 5.02. The zero-order chi connectivity index (χ0) is 21.7. The lowest BCUT2D eigenvalue weighted by atomic mass is 9.99. The predicted molar refractivity (Wildman–Crippen MR) is 126 cm³/mol. The summed E-state index contributed by atoms with van der Waals surface area (Å²) >= 11 is 0. The summed E-state index contributed by atoms with van der Waals surface area (Å²) in [7, 11) is 0. The Morgan fingerprint density at radius 2 is 1.73 bits per heavy atom. The summed E-state index contributed by atoms with van der Waals surface area (Å²) in [5, 5.41) is 2.32. The van der Waals surface area contributed by atoms with Gasteiger partial charge in [-0.1, -0.05) is 84.4 Å². The van der Waals surface area contributed by atoms with E-state index in [1.807, 2.05) is 51.1 Å². The highest BCUT2D eigenvalue weighted by molar-refractivity contribution is 5.86. The molecule has 1 atom stereocenters. The molecule has 0 aliphatic carbocycles. The Kier molecular flexibility index (Phi) is 6.61. The van der Waals surface area contributed by atoms with Gasteiger partial charge in [-0.2, -0.15) is 0 Å². The van der Waals surface area contributed by atoms with Crippen LogP contribution in [0.1, 0.15) is 50.4 Å². The summed E-state index contributed by atoms with van der Waals surface area (Å²) in [6.45, 7) is 10.3. The Hall–Kier alpha value is -3.07. The van der Waals surface area contributed by atoms with E-state index in [-0.39, 0.29) is 12.1 Å². The van der Waals surface area contributed by atoms with Gasteiger partial charge >= 0.3 is 6.09 Å². The average Bonchev–Trinajstić information content (AvgIpc) is 2.69. The van der Waals surface area contributed by atoms with E-state index in [1.54, 1.807) is 4.90 Å². The van der Waals surface area contributed by atoms with Crippen molar-refractivity contribution < 1.29 is 9.53 Å². The van der Waals surface area contributed by atoms with Gasteiger partial charge in [0, 0.05) is 6.54 Å². The number of fused-ring (bicyclic) bond motifs is 1. The summed E-state index contributed by atoms with van der Waals surface area (Å²) in [6.07, 6.45) is 3.78. The molecule has 1 amide bonds. The van der Waals surface area contributed by atoms with Crippen molar-refractivity contribution >= 4 is 22.9 Å². The molecule has 0 saturated carbocycles. The number of ether oxygens (including phenoxy) is 1. The maximum absolute atomic E-state index is 13.1. The zero-order valence-electron chi connectivity index (χ0n) is 18.6. The smallest absolute Gasteiger partial charge is 0.411 e. The Balaban J connectivity index is 1.91. The van der Waals surface area contributed by atoms with E-state index in [2.05, 4.69) is 62.4 Å². The zero-order valence-corrected chi connectivity index (χ0v) is 18.6. The fourth-order valence-corrected chi connectivity index (χ4v) is 3.57. The molecule has 3 rings (SSSR count). The molecule has 3 nitrogen and oxygen atoms in total. The maximum Gasteiger partial charge on any atom is 0.411 e. The summed E-state index contributed by atoms with van der Waals surface area (Å²) in [6, 6.07) is 22.7. The van der Waals surface area contributed by atoms with Crippen LogP contribution in [0, 0.1) is 6.92 Å². The van der Waals surface area contributed by atoms with E-state index in [0.717, 1.165) is 16.5 Å². The second-order valence-corrected chi connectivity index (χ2v) is 8.69. The van der Waals surface area contributed by atoms with Crippen molar-refractivity contribution in [1.82, 2.24) is 4.90 Å². The molecule has 3 aromatic carbocycles. The number of aryl methyl sites for hydroxylation is 1. The SMILES string of the molecule is Cc1cccc(/C=C/CN(C(=O)OC(C)(C)C)[C@H](C)c2cccc3ccccc23)c1. The Labute approximate surface area is 180 Å². The van der Waals surface area contributed by atoms with Crippen molar-refractivity contribution in [2.75, 3.05) is 6.54 Å². The molecule has 0 radical (unpaired) electrons. The minimum absolute atomic E-state index is 0.131. The Bertz CT molecular complexity index is 1040. The first-order valence-electron chi connectivity index (χ1n) is 10.4. The molecule has 0 aliphatic heterocycles. The van der Waals surface area contributed by atoms with E-state index in [0.29, 0.717) is 6.54 Å². The minimum atomic E-state index is -0.548. The van der Waals surface area contributed by atoms with Crippen LogP contribution < -0.4 is 0 Å². The molecule has 0 saturated heterocycles. The fraction of sp³-hybridized carbons (Fsp3) is 0.296. The van der Waals surface area contributed by atoms with Crippen LogP contribution in [0.15, 0.2) is 72.8 Å². The van der Waals surface area contributed by atoms with Crippen molar-refractivity contribution in [3.63, 3.8) is 0 Å². The molecule has 156 valence electrons. The third kappa shape index (κ3) is 5.50. The fourth-order valence-electron chi connectivity index (χ4n) is 3.57. The Morgan fingerprint density at radius 3 is 2.47 bits per heavy atom. The number of carbonyl (C=O) groups is 1. The van der Waals surface area contributed by atoms with E-state index in [1.165, 1.54) is 10.9 Å². The third-order valence-corrected chi connectivity index (χ3v) is 5.02. The summed E-state index contributed by atoms with van der Waals surface area (Å²) in [5.41, 5.74) is 2.90. The van der Waals surface area contributed by atoms with Crippen LogP contribution in [0.3, 0.4) is 0 Å². The van der Waals surface area contributed by atoms with Crippen LogP contribution in [0.5, 0.6) is 0 Å². The van der Waals surface area contributed by atoms with Gasteiger partial charge in [0.1, 0.15) is 5.60 Å². The monoisotopic (exact) mass is 401 g/mol. The molecule has 3 heteroatoms. The Morgan fingerprint density at radius 1 is 1.03 bits per heavy atom. The first-order chi connectivity index (χ1) is 14.2. The number of rotatable bonds is 5. The number of hydrogen-bond donors (Lipinski definition) is 0. The minimum Gasteiger partial charge on any atom is -0.444 e. The van der Waals surface area contributed by atoms with Crippen LogP contribution in [-0.4, -0.2) is 23.1 Å². The molecule has 0 N–H and O–H groups in total. The van der Waals surface area contributed by atoms with Crippen LogP contribution in [0.2, 0.25) is 0 Å². The van der Waals surface area contributed by atoms with E-state index < -0.39 is 5.60 Å². The van der Waals surface area contributed by atoms with Crippen molar-refractivity contribution in [2.24, 2.45) is 0 Å². The molecule has 0 bridgehead atoms. The summed E-state index contributed by atoms with van der Waals surface area (Å²) in [4.78, 5) is 14.9. The predicted octanol–water partition coefficient (Wildman–Crippen LogP) is 7.16. The molecule has 0 fully saturated rings.